The van der Waals surface area contributed by atoms with Crippen molar-refractivity contribution in [3.05, 3.63) is 46.3 Å². The number of fused-ring (bicyclic) bond motifs is 2. The number of nitrogens with zero attached hydrogens (tertiary/aromatic N) is 1. The van der Waals surface area contributed by atoms with Gasteiger partial charge in [0.15, 0.2) is 5.13 Å². The number of benzene rings is 1. The number of anilines is 2. The molecule has 3 N–H and O–H groups in total. The van der Waals surface area contributed by atoms with Crippen molar-refractivity contribution < 1.29 is 9.90 Å². The molecule has 2 bridgehead atoms. The number of allylic oxidation sites excluding steroid dienone is 1. The predicted octanol–water partition coefficient (Wildman–Crippen LogP) is 4.06. The number of thiazole rings is 1. The average Bonchev–Trinajstić information content (AvgIpc) is 3.27. The number of carbonyl (C=O) groups excluding carboxylic acids is 1. The lowest BCUT2D eigenvalue weighted by Gasteiger charge is -2.18. The van der Waals surface area contributed by atoms with E-state index in [2.05, 4.69) is 27.8 Å². The summed E-state index contributed by atoms with van der Waals surface area (Å²) in [4.78, 5) is 16.9. The summed E-state index contributed by atoms with van der Waals surface area (Å²) < 4.78 is 0. The fourth-order valence-corrected chi connectivity index (χ4v) is 4.55. The summed E-state index contributed by atoms with van der Waals surface area (Å²) in [7, 11) is 0. The van der Waals surface area contributed by atoms with Crippen LogP contribution in [0.2, 0.25) is 5.02 Å². The van der Waals surface area contributed by atoms with Gasteiger partial charge in [0.2, 0.25) is 11.8 Å². The first-order chi connectivity index (χ1) is 12.1. The Balaban J connectivity index is 1.37. The maximum Gasteiger partial charge on any atom is 0.229 e. The number of aromatic hydroxyl groups is 1. The Hall–Kier alpha value is -2.05. The van der Waals surface area contributed by atoms with Crippen LogP contribution in [0.3, 0.4) is 0 Å². The molecule has 5 nitrogen and oxygen atoms in total. The molecule has 0 spiro atoms. The van der Waals surface area contributed by atoms with Gasteiger partial charge in [0, 0.05) is 16.8 Å². The third-order valence-corrected chi connectivity index (χ3v) is 5.94. The van der Waals surface area contributed by atoms with Crippen LogP contribution >= 0.6 is 22.9 Å². The Morgan fingerprint density at radius 3 is 2.76 bits per heavy atom. The molecule has 2 aliphatic rings. The zero-order chi connectivity index (χ0) is 17.4. The van der Waals surface area contributed by atoms with Crippen molar-refractivity contribution >= 4 is 39.7 Å². The van der Waals surface area contributed by atoms with E-state index < -0.39 is 0 Å². The SMILES string of the molecule is O=C(Cc1sc(NC2CC3C=CC2C3)nc1O)Nc1ccc(Cl)cc1. The lowest BCUT2D eigenvalue weighted by atomic mass is 10.0. The molecule has 2 aromatic rings. The molecule has 1 aromatic heterocycles. The van der Waals surface area contributed by atoms with E-state index in [1.807, 2.05) is 0 Å². The molecule has 3 atom stereocenters. The Kier molecular flexibility index (Phi) is 4.39. The lowest BCUT2D eigenvalue weighted by Crippen LogP contribution is -2.23. The van der Waals surface area contributed by atoms with Crippen molar-refractivity contribution in [3.8, 4) is 5.88 Å². The van der Waals surface area contributed by atoms with Crippen molar-refractivity contribution in [1.29, 1.82) is 0 Å². The molecule has 3 unspecified atom stereocenters. The smallest absolute Gasteiger partial charge is 0.229 e. The second-order valence-electron chi connectivity index (χ2n) is 6.53. The molecule has 2 aliphatic carbocycles. The highest BCUT2D eigenvalue weighted by atomic mass is 35.5. The maximum atomic E-state index is 12.2. The van der Waals surface area contributed by atoms with Crippen LogP contribution in [0.1, 0.15) is 17.7 Å². The molecule has 7 heteroatoms. The molecule has 1 amide bonds. The van der Waals surface area contributed by atoms with Gasteiger partial charge >= 0.3 is 0 Å². The number of hydrogen-bond donors (Lipinski definition) is 3. The van der Waals surface area contributed by atoms with Gasteiger partial charge in [-0.05, 0) is 48.9 Å². The Bertz CT molecular complexity index is 818. The van der Waals surface area contributed by atoms with Crippen LogP contribution in [0.25, 0.3) is 0 Å². The van der Waals surface area contributed by atoms with Crippen molar-refractivity contribution in [2.45, 2.75) is 25.3 Å². The third kappa shape index (κ3) is 3.65. The molecule has 1 heterocycles. The molecule has 0 aliphatic heterocycles. The van der Waals surface area contributed by atoms with Gasteiger partial charge in [-0.3, -0.25) is 4.79 Å². The van der Waals surface area contributed by atoms with Crippen molar-refractivity contribution in [3.63, 3.8) is 0 Å². The molecular weight excluding hydrogens is 358 g/mol. The first-order valence-electron chi connectivity index (χ1n) is 8.26. The van der Waals surface area contributed by atoms with Crippen molar-refractivity contribution in [2.75, 3.05) is 10.6 Å². The van der Waals surface area contributed by atoms with Gasteiger partial charge in [-0.2, -0.15) is 4.98 Å². The first-order valence-corrected chi connectivity index (χ1v) is 9.45. The number of halogens is 1. The number of nitrogens with one attached hydrogen (secondary N) is 2. The Morgan fingerprint density at radius 2 is 2.08 bits per heavy atom. The van der Waals surface area contributed by atoms with Crippen LogP contribution in [-0.2, 0) is 11.2 Å². The molecule has 4 rings (SSSR count). The molecule has 1 saturated carbocycles. The lowest BCUT2D eigenvalue weighted by molar-refractivity contribution is -0.115. The fourth-order valence-electron chi connectivity index (χ4n) is 3.51. The van der Waals surface area contributed by atoms with E-state index in [1.165, 1.54) is 17.8 Å². The largest absolute Gasteiger partial charge is 0.492 e. The molecule has 0 radical (unpaired) electrons. The van der Waals surface area contributed by atoms with Crippen LogP contribution in [0.15, 0.2) is 36.4 Å². The van der Waals surface area contributed by atoms with E-state index in [9.17, 15) is 9.90 Å². The summed E-state index contributed by atoms with van der Waals surface area (Å²) in [5, 5.41) is 17.5. The second-order valence-corrected chi connectivity index (χ2v) is 8.05. The highest BCUT2D eigenvalue weighted by Gasteiger charge is 2.36. The normalized spacial score (nSPS) is 23.8. The summed E-state index contributed by atoms with van der Waals surface area (Å²) in [5.41, 5.74) is 0.672. The van der Waals surface area contributed by atoms with Gasteiger partial charge in [0.1, 0.15) is 0 Å². The third-order valence-electron chi connectivity index (χ3n) is 4.71. The van der Waals surface area contributed by atoms with E-state index in [0.29, 0.717) is 38.6 Å². The summed E-state index contributed by atoms with van der Waals surface area (Å²) in [6.45, 7) is 0. The van der Waals surface area contributed by atoms with E-state index in [-0.39, 0.29) is 18.2 Å². The molecule has 0 saturated heterocycles. The predicted molar refractivity (Wildman–Crippen MR) is 100 cm³/mol. The maximum absolute atomic E-state index is 12.2. The van der Waals surface area contributed by atoms with Crippen molar-refractivity contribution in [2.24, 2.45) is 11.8 Å². The molecule has 130 valence electrons. The van der Waals surface area contributed by atoms with Crippen LogP contribution in [0.5, 0.6) is 5.88 Å². The van der Waals surface area contributed by atoms with Crippen molar-refractivity contribution in [1.82, 2.24) is 4.98 Å². The topological polar surface area (TPSA) is 74.2 Å². The molecular formula is C18H18ClN3O2S. The standard InChI is InChI=1S/C18H18ClN3O2S/c19-12-3-5-13(6-4-12)20-16(23)9-15-17(24)22-18(25-15)21-14-8-10-1-2-11(14)7-10/h1-6,10-11,14,24H,7-9H2,(H,20,23)(H,21,22). The van der Waals surface area contributed by atoms with Crippen LogP contribution in [0, 0.1) is 11.8 Å². The van der Waals surface area contributed by atoms with E-state index >= 15 is 0 Å². The summed E-state index contributed by atoms with van der Waals surface area (Å²) >= 11 is 7.17. The molecule has 1 aromatic carbocycles. The zero-order valence-electron chi connectivity index (χ0n) is 13.4. The second kappa shape index (κ2) is 6.69. The number of carbonyl (C=O) groups is 1. The van der Waals surface area contributed by atoms with Gasteiger partial charge in [-0.1, -0.05) is 35.1 Å². The van der Waals surface area contributed by atoms with Gasteiger partial charge in [-0.25, -0.2) is 0 Å². The molecule has 1 fully saturated rings. The van der Waals surface area contributed by atoms with Gasteiger partial charge in [0.05, 0.1) is 11.3 Å². The number of amides is 1. The number of rotatable bonds is 5. The Labute approximate surface area is 154 Å². The minimum absolute atomic E-state index is 0.0718. The highest BCUT2D eigenvalue weighted by molar-refractivity contribution is 7.16. The summed E-state index contributed by atoms with van der Waals surface area (Å²) in [6.07, 6.45) is 6.94. The van der Waals surface area contributed by atoms with Crippen LogP contribution in [0.4, 0.5) is 10.8 Å². The fraction of sp³-hybridized carbons (Fsp3) is 0.333. The van der Waals surface area contributed by atoms with E-state index in [4.69, 9.17) is 11.6 Å². The van der Waals surface area contributed by atoms with Gasteiger partial charge < -0.3 is 15.7 Å². The van der Waals surface area contributed by atoms with Crippen LogP contribution < -0.4 is 10.6 Å². The van der Waals surface area contributed by atoms with Gasteiger partial charge in [0.25, 0.3) is 0 Å². The van der Waals surface area contributed by atoms with Gasteiger partial charge in [-0.15, -0.1) is 0 Å². The number of hydrogen-bond acceptors (Lipinski definition) is 5. The van der Waals surface area contributed by atoms with E-state index in [1.54, 1.807) is 24.3 Å². The van der Waals surface area contributed by atoms with Crippen LogP contribution in [-0.4, -0.2) is 22.0 Å². The molecule has 25 heavy (non-hydrogen) atoms. The number of aromatic nitrogens is 1. The monoisotopic (exact) mass is 375 g/mol. The zero-order valence-corrected chi connectivity index (χ0v) is 15.0. The minimum atomic E-state index is -0.198. The Morgan fingerprint density at radius 1 is 1.28 bits per heavy atom. The summed E-state index contributed by atoms with van der Waals surface area (Å²) in [5.74, 6) is 0.946. The van der Waals surface area contributed by atoms with E-state index in [0.717, 1.165) is 6.42 Å². The summed E-state index contributed by atoms with van der Waals surface area (Å²) in [6, 6.07) is 7.28. The highest BCUT2D eigenvalue weighted by Crippen LogP contribution is 2.41. The first kappa shape index (κ1) is 16.4. The average molecular weight is 376 g/mol. The minimum Gasteiger partial charge on any atom is -0.492 e. The quantitative estimate of drug-likeness (QED) is 0.689.